The van der Waals surface area contributed by atoms with Crippen LogP contribution in [0.25, 0.3) is 38.2 Å². The summed E-state index contributed by atoms with van der Waals surface area (Å²) in [6.45, 7) is 0.312. The fourth-order valence-corrected chi connectivity index (χ4v) is 5.16. The number of ether oxygens (including phenoxy) is 1. The van der Waals surface area contributed by atoms with E-state index in [0.29, 0.717) is 23.8 Å². The SMILES string of the molecule is COc1cc(-c2csc3c(C=CC=O)cnc(N)c23)ccc1CNC(=O)c1cc2ccccc2[nH]1. The van der Waals surface area contributed by atoms with Crippen molar-refractivity contribution in [3.63, 3.8) is 0 Å². The number of pyridine rings is 1. The Kier molecular flexibility index (Phi) is 6.03. The van der Waals surface area contributed by atoms with Gasteiger partial charge in [-0.3, -0.25) is 9.59 Å². The van der Waals surface area contributed by atoms with Crippen LogP contribution in [0.2, 0.25) is 0 Å². The lowest BCUT2D eigenvalue weighted by molar-refractivity contribution is -0.104. The minimum atomic E-state index is -0.189. The number of nitrogens with two attached hydrogens (primary N) is 1. The molecule has 0 saturated carbocycles. The van der Waals surface area contributed by atoms with Crippen LogP contribution in [0.5, 0.6) is 5.75 Å². The lowest BCUT2D eigenvalue weighted by Gasteiger charge is -2.12. The minimum absolute atomic E-state index is 0.189. The first-order valence-electron chi connectivity index (χ1n) is 10.9. The van der Waals surface area contributed by atoms with E-state index in [2.05, 4.69) is 15.3 Å². The Balaban J connectivity index is 1.41. The largest absolute Gasteiger partial charge is 0.496 e. The van der Waals surface area contributed by atoms with Gasteiger partial charge in [-0.1, -0.05) is 30.3 Å². The third-order valence-corrected chi connectivity index (χ3v) is 6.85. The molecule has 7 nitrogen and oxygen atoms in total. The van der Waals surface area contributed by atoms with Crippen LogP contribution in [0.3, 0.4) is 0 Å². The topological polar surface area (TPSA) is 110 Å². The van der Waals surface area contributed by atoms with Crippen LogP contribution < -0.4 is 15.8 Å². The second-order valence-electron chi connectivity index (χ2n) is 7.93. The molecular formula is C27H22N4O3S. The summed E-state index contributed by atoms with van der Waals surface area (Å²) in [5, 5.41) is 6.80. The van der Waals surface area contributed by atoms with E-state index in [4.69, 9.17) is 10.5 Å². The molecule has 4 N–H and O–H groups in total. The zero-order chi connectivity index (χ0) is 24.4. The van der Waals surface area contributed by atoms with E-state index in [1.165, 1.54) is 6.08 Å². The number of hydrogen-bond donors (Lipinski definition) is 3. The number of allylic oxidation sites excluding steroid dienone is 1. The highest BCUT2D eigenvalue weighted by Crippen LogP contribution is 2.40. The van der Waals surface area contributed by atoms with Crippen molar-refractivity contribution in [2.45, 2.75) is 6.54 Å². The highest BCUT2D eigenvalue weighted by atomic mass is 32.1. The number of thiophene rings is 1. The number of aldehydes is 1. The van der Waals surface area contributed by atoms with Crippen molar-refractivity contribution in [3.05, 3.63) is 83.0 Å². The van der Waals surface area contributed by atoms with Gasteiger partial charge in [0.1, 0.15) is 23.5 Å². The molecule has 5 aromatic rings. The molecule has 0 spiro atoms. The number of carbonyl (C=O) groups is 2. The molecule has 174 valence electrons. The first kappa shape index (κ1) is 22.4. The van der Waals surface area contributed by atoms with Crippen molar-refractivity contribution in [2.24, 2.45) is 0 Å². The van der Waals surface area contributed by atoms with E-state index in [1.54, 1.807) is 30.7 Å². The lowest BCUT2D eigenvalue weighted by Crippen LogP contribution is -2.23. The van der Waals surface area contributed by atoms with Crippen molar-refractivity contribution in [2.75, 3.05) is 12.8 Å². The van der Waals surface area contributed by atoms with Crippen molar-refractivity contribution in [1.82, 2.24) is 15.3 Å². The zero-order valence-electron chi connectivity index (χ0n) is 18.9. The Bertz CT molecular complexity index is 1570. The molecule has 0 atom stereocenters. The summed E-state index contributed by atoms with van der Waals surface area (Å²) in [6, 6.07) is 15.4. The summed E-state index contributed by atoms with van der Waals surface area (Å²) in [5.74, 6) is 0.890. The maximum Gasteiger partial charge on any atom is 0.267 e. The summed E-state index contributed by atoms with van der Waals surface area (Å²) >= 11 is 1.54. The van der Waals surface area contributed by atoms with E-state index >= 15 is 0 Å². The molecule has 1 amide bonds. The Morgan fingerprint density at radius 2 is 2.09 bits per heavy atom. The van der Waals surface area contributed by atoms with E-state index in [9.17, 15) is 9.59 Å². The summed E-state index contributed by atoms with van der Waals surface area (Å²) in [6.07, 6.45) is 5.56. The van der Waals surface area contributed by atoms with Gasteiger partial charge in [-0.05, 0) is 41.3 Å². The molecule has 8 heteroatoms. The number of aromatic amines is 1. The molecule has 0 aliphatic rings. The monoisotopic (exact) mass is 482 g/mol. The van der Waals surface area contributed by atoms with Crippen molar-refractivity contribution in [1.29, 1.82) is 0 Å². The van der Waals surface area contributed by atoms with Crippen LogP contribution in [-0.4, -0.2) is 29.3 Å². The molecule has 0 unspecified atom stereocenters. The molecule has 0 bridgehead atoms. The number of aromatic nitrogens is 2. The number of nitrogens with zero attached hydrogens (tertiary/aromatic N) is 1. The van der Waals surface area contributed by atoms with Gasteiger partial charge in [0.25, 0.3) is 5.91 Å². The summed E-state index contributed by atoms with van der Waals surface area (Å²) < 4.78 is 6.59. The number of hydrogen-bond acceptors (Lipinski definition) is 6. The van der Waals surface area contributed by atoms with Gasteiger partial charge in [0, 0.05) is 50.4 Å². The highest BCUT2D eigenvalue weighted by molar-refractivity contribution is 7.18. The Morgan fingerprint density at radius 3 is 2.89 bits per heavy atom. The highest BCUT2D eigenvalue weighted by Gasteiger charge is 2.16. The minimum Gasteiger partial charge on any atom is -0.496 e. The average molecular weight is 483 g/mol. The molecule has 3 heterocycles. The number of nitrogens with one attached hydrogen (secondary N) is 2. The van der Waals surface area contributed by atoms with E-state index in [0.717, 1.165) is 49.5 Å². The quantitative estimate of drug-likeness (QED) is 0.219. The summed E-state index contributed by atoms with van der Waals surface area (Å²) in [7, 11) is 1.60. The molecule has 35 heavy (non-hydrogen) atoms. The lowest BCUT2D eigenvalue weighted by atomic mass is 10.0. The number of amides is 1. The zero-order valence-corrected chi connectivity index (χ0v) is 19.7. The molecule has 0 saturated heterocycles. The maximum atomic E-state index is 12.7. The Labute approximate surface area is 205 Å². The molecule has 2 aromatic carbocycles. The fourth-order valence-electron chi connectivity index (χ4n) is 4.09. The number of rotatable bonds is 7. The molecule has 0 aliphatic carbocycles. The smallest absolute Gasteiger partial charge is 0.267 e. The number of carbonyl (C=O) groups excluding carboxylic acids is 2. The maximum absolute atomic E-state index is 12.7. The summed E-state index contributed by atoms with van der Waals surface area (Å²) in [4.78, 5) is 30.9. The van der Waals surface area contributed by atoms with Gasteiger partial charge in [-0.25, -0.2) is 4.98 Å². The van der Waals surface area contributed by atoms with Gasteiger partial charge >= 0.3 is 0 Å². The van der Waals surface area contributed by atoms with Gasteiger partial charge in [0.15, 0.2) is 0 Å². The Hall–Kier alpha value is -4.43. The van der Waals surface area contributed by atoms with Gasteiger partial charge in [0.05, 0.1) is 7.11 Å². The van der Waals surface area contributed by atoms with E-state index in [1.807, 2.05) is 53.9 Å². The van der Waals surface area contributed by atoms with Crippen LogP contribution in [0, 0.1) is 0 Å². The van der Waals surface area contributed by atoms with Gasteiger partial charge in [0.2, 0.25) is 0 Å². The number of para-hydroxylation sites is 1. The fraction of sp³-hybridized carbons (Fsp3) is 0.0741. The van der Waals surface area contributed by atoms with Gasteiger partial charge in [-0.15, -0.1) is 11.3 Å². The van der Waals surface area contributed by atoms with E-state index in [-0.39, 0.29) is 5.91 Å². The molecule has 0 fully saturated rings. The van der Waals surface area contributed by atoms with Crippen LogP contribution >= 0.6 is 11.3 Å². The number of benzene rings is 2. The predicted molar refractivity (Wildman–Crippen MR) is 141 cm³/mol. The number of nitrogen functional groups attached to an aromatic ring is 1. The van der Waals surface area contributed by atoms with Gasteiger partial charge < -0.3 is 20.8 Å². The number of fused-ring (bicyclic) bond motifs is 2. The molecular weight excluding hydrogens is 460 g/mol. The predicted octanol–water partition coefficient (Wildman–Crippen LogP) is 5.18. The first-order chi connectivity index (χ1) is 17.1. The van der Waals surface area contributed by atoms with Crippen LogP contribution in [0.1, 0.15) is 21.6 Å². The normalized spacial score (nSPS) is 11.3. The third kappa shape index (κ3) is 4.27. The van der Waals surface area contributed by atoms with E-state index < -0.39 is 0 Å². The second kappa shape index (κ2) is 9.44. The average Bonchev–Trinajstić information content (AvgIpc) is 3.52. The number of methoxy groups -OCH3 is 1. The Morgan fingerprint density at radius 1 is 1.23 bits per heavy atom. The second-order valence-corrected chi connectivity index (χ2v) is 8.81. The summed E-state index contributed by atoms with van der Waals surface area (Å²) in [5.41, 5.74) is 11.2. The van der Waals surface area contributed by atoms with Gasteiger partial charge in [-0.2, -0.15) is 0 Å². The van der Waals surface area contributed by atoms with Crippen molar-refractivity contribution < 1.29 is 14.3 Å². The molecule has 3 aromatic heterocycles. The molecule has 0 aliphatic heterocycles. The first-order valence-corrected chi connectivity index (χ1v) is 11.8. The third-order valence-electron chi connectivity index (χ3n) is 5.82. The standard InChI is InChI=1S/C27H22N4O3S/c1-34-23-12-16(20-15-35-25-19(6-4-10-32)14-29-26(28)24(20)25)8-9-18(23)13-30-27(33)22-11-17-5-2-3-7-21(17)31-22/h2-12,14-15,31H,13H2,1H3,(H2,28,29)(H,30,33). The van der Waals surface area contributed by atoms with Crippen molar-refractivity contribution >= 4 is 56.4 Å². The van der Waals surface area contributed by atoms with Crippen LogP contribution in [0.15, 0.2) is 66.2 Å². The van der Waals surface area contributed by atoms with Crippen LogP contribution in [0.4, 0.5) is 5.82 Å². The molecule has 5 rings (SSSR count). The number of H-pyrrole nitrogens is 1. The van der Waals surface area contributed by atoms with Crippen LogP contribution in [-0.2, 0) is 11.3 Å². The van der Waals surface area contributed by atoms with Crippen molar-refractivity contribution in [3.8, 4) is 16.9 Å². The number of anilines is 1. The molecule has 0 radical (unpaired) electrons.